The molecule has 6 heteroatoms. The van der Waals surface area contributed by atoms with Crippen LogP contribution < -0.4 is 10.6 Å². The first-order chi connectivity index (χ1) is 12.4. The molecule has 0 aromatic heterocycles. The zero-order valence-electron chi connectivity index (χ0n) is 14.6. The first kappa shape index (κ1) is 18.9. The molecular formula is C20H20N2O4. The molecule has 0 heterocycles. The summed E-state index contributed by atoms with van der Waals surface area (Å²) >= 11 is 0. The van der Waals surface area contributed by atoms with E-state index in [1.807, 2.05) is 30.3 Å². The van der Waals surface area contributed by atoms with Gasteiger partial charge in [0.05, 0.1) is 0 Å². The number of rotatable bonds is 6. The summed E-state index contributed by atoms with van der Waals surface area (Å²) in [5.74, 6) is -1.22. The van der Waals surface area contributed by atoms with Crippen LogP contribution in [0.5, 0.6) is 0 Å². The summed E-state index contributed by atoms with van der Waals surface area (Å²) in [5.41, 5.74) is 2.02. The summed E-state index contributed by atoms with van der Waals surface area (Å²) in [6, 6.07) is 15.9. The predicted molar refractivity (Wildman–Crippen MR) is 100 cm³/mol. The number of carbonyl (C=O) groups excluding carboxylic acids is 3. The van der Waals surface area contributed by atoms with Crippen LogP contribution in [0.4, 0.5) is 11.4 Å². The van der Waals surface area contributed by atoms with Gasteiger partial charge in [-0.15, -0.1) is 0 Å². The fourth-order valence-corrected chi connectivity index (χ4v) is 2.08. The Morgan fingerprint density at radius 1 is 0.923 bits per heavy atom. The maximum absolute atomic E-state index is 12.1. The van der Waals surface area contributed by atoms with E-state index < -0.39 is 18.0 Å². The molecule has 2 amide bonds. The second-order valence-corrected chi connectivity index (χ2v) is 5.57. The van der Waals surface area contributed by atoms with Crippen molar-refractivity contribution in [3.05, 3.63) is 66.2 Å². The third-order valence-electron chi connectivity index (χ3n) is 3.35. The molecule has 2 N–H and O–H groups in total. The smallest absolute Gasteiger partial charge is 0.331 e. The Balaban J connectivity index is 1.85. The van der Waals surface area contributed by atoms with Crippen molar-refractivity contribution in [1.29, 1.82) is 0 Å². The Morgan fingerprint density at radius 2 is 1.50 bits per heavy atom. The van der Waals surface area contributed by atoms with E-state index in [2.05, 4.69) is 10.6 Å². The second kappa shape index (κ2) is 9.17. The number of hydrogen-bond donors (Lipinski definition) is 2. The lowest BCUT2D eigenvalue weighted by Crippen LogP contribution is -2.29. The lowest BCUT2D eigenvalue weighted by Gasteiger charge is -2.12. The highest BCUT2D eigenvalue weighted by atomic mass is 16.5. The first-order valence-electron chi connectivity index (χ1n) is 8.06. The number of esters is 1. The minimum Gasteiger partial charge on any atom is -0.449 e. The van der Waals surface area contributed by atoms with Gasteiger partial charge >= 0.3 is 5.97 Å². The fourth-order valence-electron chi connectivity index (χ4n) is 2.08. The van der Waals surface area contributed by atoms with Gasteiger partial charge in [0.1, 0.15) is 0 Å². The average molecular weight is 352 g/mol. The standard InChI is InChI=1S/C20H20N2O4/c1-14(26-19(24)13-8-16-6-4-3-5-7-16)20(25)22-18-11-9-17(10-12-18)21-15(2)23/h3-14H,1-2H3,(H,21,23)(H,22,25)/b13-8+/t14-/m1/s1. The Hall–Kier alpha value is -3.41. The molecule has 0 saturated heterocycles. The normalized spacial score (nSPS) is 11.6. The van der Waals surface area contributed by atoms with Gasteiger partial charge in [0.15, 0.2) is 6.10 Å². The molecule has 0 spiro atoms. The topological polar surface area (TPSA) is 84.5 Å². The minimum atomic E-state index is -0.946. The molecule has 0 aliphatic heterocycles. The molecule has 6 nitrogen and oxygen atoms in total. The molecule has 0 fully saturated rings. The van der Waals surface area contributed by atoms with E-state index >= 15 is 0 Å². The molecule has 0 aliphatic carbocycles. The number of carbonyl (C=O) groups is 3. The summed E-state index contributed by atoms with van der Waals surface area (Å²) < 4.78 is 5.09. The third kappa shape index (κ3) is 6.24. The second-order valence-electron chi connectivity index (χ2n) is 5.57. The van der Waals surface area contributed by atoms with Crippen molar-refractivity contribution >= 4 is 35.2 Å². The molecular weight excluding hydrogens is 332 g/mol. The molecule has 2 rings (SSSR count). The summed E-state index contributed by atoms with van der Waals surface area (Å²) in [7, 11) is 0. The number of benzene rings is 2. The molecule has 0 saturated carbocycles. The number of nitrogens with one attached hydrogen (secondary N) is 2. The predicted octanol–water partition coefficient (Wildman–Crippen LogP) is 3.23. The van der Waals surface area contributed by atoms with Gasteiger partial charge in [0.25, 0.3) is 5.91 Å². The van der Waals surface area contributed by atoms with Gasteiger partial charge in [0.2, 0.25) is 5.91 Å². The number of anilines is 2. The van der Waals surface area contributed by atoms with Crippen LogP contribution in [0.2, 0.25) is 0 Å². The molecule has 0 aliphatic rings. The van der Waals surface area contributed by atoms with Crippen LogP contribution in [0.25, 0.3) is 6.08 Å². The van der Waals surface area contributed by atoms with E-state index in [1.165, 1.54) is 19.9 Å². The molecule has 26 heavy (non-hydrogen) atoms. The van der Waals surface area contributed by atoms with E-state index in [9.17, 15) is 14.4 Å². The Kier molecular flexibility index (Phi) is 6.68. The largest absolute Gasteiger partial charge is 0.449 e. The van der Waals surface area contributed by atoms with Crippen LogP contribution in [0.1, 0.15) is 19.4 Å². The van der Waals surface area contributed by atoms with Gasteiger partial charge in [0, 0.05) is 24.4 Å². The first-order valence-corrected chi connectivity index (χ1v) is 8.06. The van der Waals surface area contributed by atoms with Crippen LogP contribution in [0.3, 0.4) is 0 Å². The SMILES string of the molecule is CC(=O)Nc1ccc(NC(=O)[C@@H](C)OC(=O)/C=C/c2ccccc2)cc1. The summed E-state index contributed by atoms with van der Waals surface area (Å²) in [5, 5.41) is 5.28. The highest BCUT2D eigenvalue weighted by Crippen LogP contribution is 2.14. The van der Waals surface area contributed by atoms with Gasteiger partial charge in [-0.3, -0.25) is 9.59 Å². The van der Waals surface area contributed by atoms with E-state index in [0.29, 0.717) is 11.4 Å². The van der Waals surface area contributed by atoms with Gasteiger partial charge in [-0.05, 0) is 42.8 Å². The maximum atomic E-state index is 12.1. The minimum absolute atomic E-state index is 0.175. The zero-order valence-corrected chi connectivity index (χ0v) is 14.6. The number of amides is 2. The molecule has 134 valence electrons. The Labute approximate surface area is 151 Å². The maximum Gasteiger partial charge on any atom is 0.331 e. The van der Waals surface area contributed by atoms with Crippen LogP contribution in [-0.4, -0.2) is 23.9 Å². The van der Waals surface area contributed by atoms with E-state index in [-0.39, 0.29) is 5.91 Å². The van der Waals surface area contributed by atoms with Crippen molar-refractivity contribution in [2.45, 2.75) is 20.0 Å². The van der Waals surface area contributed by atoms with Gasteiger partial charge in [-0.1, -0.05) is 30.3 Å². The lowest BCUT2D eigenvalue weighted by molar-refractivity contribution is -0.148. The molecule has 2 aromatic carbocycles. The van der Waals surface area contributed by atoms with Crippen molar-refractivity contribution in [2.75, 3.05) is 10.6 Å². The molecule has 0 radical (unpaired) electrons. The Bertz CT molecular complexity index is 798. The van der Waals surface area contributed by atoms with Crippen LogP contribution >= 0.6 is 0 Å². The van der Waals surface area contributed by atoms with Crippen molar-refractivity contribution in [2.24, 2.45) is 0 Å². The van der Waals surface area contributed by atoms with Crippen LogP contribution in [0.15, 0.2) is 60.7 Å². The number of hydrogen-bond acceptors (Lipinski definition) is 4. The van der Waals surface area contributed by atoms with E-state index in [0.717, 1.165) is 5.56 Å². The molecule has 2 aromatic rings. The third-order valence-corrected chi connectivity index (χ3v) is 3.35. The molecule has 0 bridgehead atoms. The van der Waals surface area contributed by atoms with Gasteiger partial charge in [-0.2, -0.15) is 0 Å². The Morgan fingerprint density at radius 3 is 2.08 bits per heavy atom. The van der Waals surface area contributed by atoms with Crippen molar-refractivity contribution < 1.29 is 19.1 Å². The molecule has 0 unspecified atom stereocenters. The van der Waals surface area contributed by atoms with Crippen molar-refractivity contribution in [1.82, 2.24) is 0 Å². The van der Waals surface area contributed by atoms with Gasteiger partial charge < -0.3 is 15.4 Å². The monoisotopic (exact) mass is 352 g/mol. The van der Waals surface area contributed by atoms with E-state index in [4.69, 9.17) is 4.74 Å². The summed E-state index contributed by atoms with van der Waals surface area (Å²) in [6.07, 6.45) is 1.95. The summed E-state index contributed by atoms with van der Waals surface area (Å²) in [4.78, 5) is 34.9. The summed E-state index contributed by atoms with van der Waals surface area (Å²) in [6.45, 7) is 2.91. The fraction of sp³-hybridized carbons (Fsp3) is 0.150. The highest BCUT2D eigenvalue weighted by Gasteiger charge is 2.16. The lowest BCUT2D eigenvalue weighted by atomic mass is 10.2. The molecule has 1 atom stereocenters. The average Bonchev–Trinajstić information content (AvgIpc) is 2.62. The number of ether oxygens (including phenoxy) is 1. The van der Waals surface area contributed by atoms with Crippen molar-refractivity contribution in [3.63, 3.8) is 0 Å². The highest BCUT2D eigenvalue weighted by molar-refractivity contribution is 5.97. The van der Waals surface area contributed by atoms with Crippen LogP contribution in [-0.2, 0) is 19.1 Å². The quantitative estimate of drug-likeness (QED) is 0.617. The van der Waals surface area contributed by atoms with E-state index in [1.54, 1.807) is 30.3 Å². The van der Waals surface area contributed by atoms with Gasteiger partial charge in [-0.25, -0.2) is 4.79 Å². The van der Waals surface area contributed by atoms with Crippen molar-refractivity contribution in [3.8, 4) is 0 Å². The van der Waals surface area contributed by atoms with Crippen LogP contribution in [0, 0.1) is 0 Å². The zero-order chi connectivity index (χ0) is 18.9.